The lowest BCUT2D eigenvalue weighted by molar-refractivity contribution is 0.372. The smallest absolute Gasteiger partial charge is 0.191 e. The van der Waals surface area contributed by atoms with E-state index in [0.717, 1.165) is 36.8 Å². The summed E-state index contributed by atoms with van der Waals surface area (Å²) in [6, 6.07) is 2.01. The Hall–Kier alpha value is -1.78. The molecule has 1 rings (SSSR count). The molecule has 0 saturated carbocycles. The first kappa shape index (κ1) is 16.3. The summed E-state index contributed by atoms with van der Waals surface area (Å²) in [5.74, 6) is 2.03. The van der Waals surface area contributed by atoms with Crippen molar-refractivity contribution in [3.05, 3.63) is 30.2 Å². The molecule has 112 valence electrons. The van der Waals surface area contributed by atoms with Gasteiger partial charge < -0.3 is 15.2 Å². The third-order valence-electron chi connectivity index (χ3n) is 3.13. The van der Waals surface area contributed by atoms with Crippen LogP contribution in [0.2, 0.25) is 0 Å². The zero-order valence-corrected chi connectivity index (χ0v) is 12.8. The van der Waals surface area contributed by atoms with Gasteiger partial charge in [0.1, 0.15) is 6.54 Å². The number of guanidine groups is 1. The van der Waals surface area contributed by atoms with E-state index in [-0.39, 0.29) is 0 Å². The van der Waals surface area contributed by atoms with Crippen LogP contribution in [0.1, 0.15) is 51.0 Å². The Kier molecular flexibility index (Phi) is 7.47. The highest BCUT2D eigenvalue weighted by Crippen LogP contribution is 2.22. The SMILES string of the molecule is C=CCNC(=NCc1cc(C(CC)CC)no1)NCC. The van der Waals surface area contributed by atoms with Crippen molar-refractivity contribution in [1.29, 1.82) is 0 Å². The van der Waals surface area contributed by atoms with E-state index in [2.05, 4.69) is 41.2 Å². The maximum absolute atomic E-state index is 5.35. The second-order valence-electron chi connectivity index (χ2n) is 4.60. The molecule has 0 saturated heterocycles. The van der Waals surface area contributed by atoms with Crippen molar-refractivity contribution in [3.63, 3.8) is 0 Å². The second-order valence-corrected chi connectivity index (χ2v) is 4.60. The van der Waals surface area contributed by atoms with E-state index in [1.165, 1.54) is 0 Å². The summed E-state index contributed by atoms with van der Waals surface area (Å²) >= 11 is 0. The Morgan fingerprint density at radius 1 is 1.40 bits per heavy atom. The number of nitrogens with zero attached hydrogens (tertiary/aromatic N) is 2. The molecule has 1 aromatic heterocycles. The molecular weight excluding hydrogens is 252 g/mol. The quantitative estimate of drug-likeness (QED) is 0.436. The first-order valence-electron chi connectivity index (χ1n) is 7.33. The van der Waals surface area contributed by atoms with E-state index in [1.54, 1.807) is 6.08 Å². The highest BCUT2D eigenvalue weighted by atomic mass is 16.5. The molecule has 0 aliphatic rings. The summed E-state index contributed by atoms with van der Waals surface area (Å²) in [4.78, 5) is 4.46. The van der Waals surface area contributed by atoms with Crippen molar-refractivity contribution >= 4 is 5.96 Å². The molecule has 0 aliphatic heterocycles. The molecule has 5 nitrogen and oxygen atoms in total. The van der Waals surface area contributed by atoms with Gasteiger partial charge in [-0.2, -0.15) is 0 Å². The van der Waals surface area contributed by atoms with Crippen LogP contribution in [-0.2, 0) is 6.54 Å². The van der Waals surface area contributed by atoms with E-state index in [1.807, 2.05) is 13.0 Å². The highest BCUT2D eigenvalue weighted by molar-refractivity contribution is 5.79. The molecule has 2 N–H and O–H groups in total. The second kappa shape index (κ2) is 9.18. The summed E-state index contributed by atoms with van der Waals surface area (Å²) in [5, 5.41) is 10.5. The Labute approximate surface area is 121 Å². The van der Waals surface area contributed by atoms with E-state index in [4.69, 9.17) is 4.52 Å². The zero-order chi connectivity index (χ0) is 14.8. The average Bonchev–Trinajstić information content (AvgIpc) is 2.92. The predicted molar refractivity (Wildman–Crippen MR) is 82.8 cm³/mol. The number of aromatic nitrogens is 1. The molecule has 20 heavy (non-hydrogen) atoms. The summed E-state index contributed by atoms with van der Waals surface area (Å²) < 4.78 is 5.35. The number of nitrogens with one attached hydrogen (secondary N) is 2. The molecule has 0 unspecified atom stereocenters. The number of rotatable bonds is 8. The first-order chi connectivity index (χ1) is 9.74. The fourth-order valence-electron chi connectivity index (χ4n) is 1.97. The monoisotopic (exact) mass is 278 g/mol. The van der Waals surface area contributed by atoms with Crippen LogP contribution in [0.4, 0.5) is 0 Å². The molecule has 0 radical (unpaired) electrons. The Balaban J connectivity index is 2.64. The van der Waals surface area contributed by atoms with Crippen LogP contribution in [0.25, 0.3) is 0 Å². The minimum atomic E-state index is 0.476. The minimum absolute atomic E-state index is 0.476. The Morgan fingerprint density at radius 2 is 2.15 bits per heavy atom. The van der Waals surface area contributed by atoms with E-state index in [0.29, 0.717) is 19.0 Å². The van der Waals surface area contributed by atoms with Crippen LogP contribution < -0.4 is 10.6 Å². The fraction of sp³-hybridized carbons (Fsp3) is 0.600. The third kappa shape index (κ3) is 5.07. The first-order valence-corrected chi connectivity index (χ1v) is 7.33. The topological polar surface area (TPSA) is 62.5 Å². The molecule has 0 bridgehead atoms. The molecule has 5 heteroatoms. The van der Waals surface area contributed by atoms with Crippen LogP contribution in [-0.4, -0.2) is 24.2 Å². The van der Waals surface area contributed by atoms with Gasteiger partial charge in [0.15, 0.2) is 11.7 Å². The molecule has 1 aromatic rings. The van der Waals surface area contributed by atoms with Crippen molar-refractivity contribution in [3.8, 4) is 0 Å². The maximum Gasteiger partial charge on any atom is 0.191 e. The molecule has 0 aromatic carbocycles. The molecule has 0 atom stereocenters. The van der Waals surface area contributed by atoms with Gasteiger partial charge in [-0.25, -0.2) is 4.99 Å². The van der Waals surface area contributed by atoms with Crippen molar-refractivity contribution < 1.29 is 4.52 Å². The van der Waals surface area contributed by atoms with Gasteiger partial charge in [-0.1, -0.05) is 25.1 Å². The van der Waals surface area contributed by atoms with Gasteiger partial charge in [-0.15, -0.1) is 6.58 Å². The number of hydrogen-bond donors (Lipinski definition) is 2. The highest BCUT2D eigenvalue weighted by Gasteiger charge is 2.12. The van der Waals surface area contributed by atoms with E-state index >= 15 is 0 Å². The van der Waals surface area contributed by atoms with Crippen LogP contribution in [0.3, 0.4) is 0 Å². The summed E-state index contributed by atoms with van der Waals surface area (Å²) in [6.07, 6.45) is 3.96. The lowest BCUT2D eigenvalue weighted by Gasteiger charge is -2.08. The van der Waals surface area contributed by atoms with Gasteiger partial charge in [0.2, 0.25) is 0 Å². The van der Waals surface area contributed by atoms with Crippen LogP contribution in [0.15, 0.2) is 28.2 Å². The minimum Gasteiger partial charge on any atom is -0.359 e. The maximum atomic E-state index is 5.35. The van der Waals surface area contributed by atoms with Crippen molar-refractivity contribution in [2.75, 3.05) is 13.1 Å². The zero-order valence-electron chi connectivity index (χ0n) is 12.8. The molecule has 1 heterocycles. The van der Waals surface area contributed by atoms with Crippen LogP contribution >= 0.6 is 0 Å². The molecular formula is C15H26N4O. The van der Waals surface area contributed by atoms with Gasteiger partial charge in [-0.05, 0) is 19.8 Å². The largest absolute Gasteiger partial charge is 0.359 e. The Morgan fingerprint density at radius 3 is 2.75 bits per heavy atom. The summed E-state index contributed by atoms with van der Waals surface area (Å²) in [5.41, 5.74) is 1.03. The predicted octanol–water partition coefficient (Wildman–Crippen LogP) is 2.82. The van der Waals surface area contributed by atoms with Crippen molar-refractivity contribution in [2.45, 2.75) is 46.1 Å². The van der Waals surface area contributed by atoms with Crippen molar-refractivity contribution in [2.24, 2.45) is 4.99 Å². The molecule has 0 fully saturated rings. The van der Waals surface area contributed by atoms with Crippen LogP contribution in [0, 0.1) is 0 Å². The molecule has 0 amide bonds. The van der Waals surface area contributed by atoms with E-state index in [9.17, 15) is 0 Å². The standard InChI is InChI=1S/C15H26N4O/c1-5-9-17-15(16-8-4)18-11-13-10-14(19-20-13)12(6-2)7-3/h5,10,12H,1,6-9,11H2,2-4H3,(H2,16,17,18). The van der Waals surface area contributed by atoms with Gasteiger partial charge in [-0.3, -0.25) is 0 Å². The van der Waals surface area contributed by atoms with E-state index < -0.39 is 0 Å². The lowest BCUT2D eigenvalue weighted by atomic mass is 9.99. The lowest BCUT2D eigenvalue weighted by Crippen LogP contribution is -2.37. The van der Waals surface area contributed by atoms with Gasteiger partial charge in [0.05, 0.1) is 5.69 Å². The normalized spacial score (nSPS) is 11.7. The molecule has 0 aliphatic carbocycles. The summed E-state index contributed by atoms with van der Waals surface area (Å²) in [7, 11) is 0. The number of aliphatic imine (C=N–C) groups is 1. The number of hydrogen-bond acceptors (Lipinski definition) is 3. The van der Waals surface area contributed by atoms with Gasteiger partial charge in [0, 0.05) is 25.1 Å². The van der Waals surface area contributed by atoms with Crippen molar-refractivity contribution in [1.82, 2.24) is 15.8 Å². The summed E-state index contributed by atoms with van der Waals surface area (Å²) in [6.45, 7) is 12.0. The average molecular weight is 278 g/mol. The van der Waals surface area contributed by atoms with Crippen LogP contribution in [0.5, 0.6) is 0 Å². The Bertz CT molecular complexity index is 421. The molecule has 0 spiro atoms. The van der Waals surface area contributed by atoms with Gasteiger partial charge >= 0.3 is 0 Å². The fourth-order valence-corrected chi connectivity index (χ4v) is 1.97. The van der Waals surface area contributed by atoms with Gasteiger partial charge in [0.25, 0.3) is 0 Å². The third-order valence-corrected chi connectivity index (χ3v) is 3.13.